The number of nitrogens with one attached hydrogen (secondary N) is 1. The number of hydrogen-bond donors (Lipinski definition) is 1. The van der Waals surface area contributed by atoms with Gasteiger partial charge in [0.15, 0.2) is 0 Å². The van der Waals surface area contributed by atoms with Crippen molar-refractivity contribution in [2.75, 3.05) is 0 Å². The van der Waals surface area contributed by atoms with Crippen LogP contribution < -0.4 is 4.98 Å². The molecule has 0 bridgehead atoms. The Bertz CT molecular complexity index is 1140. The molecule has 1 N–H and O–H groups in total. The van der Waals surface area contributed by atoms with Crippen LogP contribution in [-0.4, -0.2) is 19.0 Å². The summed E-state index contributed by atoms with van der Waals surface area (Å²) in [4.78, 5) is 7.25. The van der Waals surface area contributed by atoms with E-state index in [-0.39, 0.29) is 5.54 Å². The highest BCUT2D eigenvalue weighted by Gasteiger charge is 2.53. The zero-order valence-corrected chi connectivity index (χ0v) is 21.4. The van der Waals surface area contributed by atoms with Crippen molar-refractivity contribution in [1.29, 1.82) is 0 Å². The summed E-state index contributed by atoms with van der Waals surface area (Å²) >= 11 is 4.19. The third kappa shape index (κ3) is 3.24. The lowest BCUT2D eigenvalue weighted by Crippen LogP contribution is -2.57. The summed E-state index contributed by atoms with van der Waals surface area (Å²) in [6, 6.07) is 20.2. The number of thiophene rings is 1. The highest BCUT2D eigenvalue weighted by atomic mass is 32.2. The molecular formula is C26H31NS2Si. The molecule has 1 nitrogen and oxygen atoms in total. The van der Waals surface area contributed by atoms with Crippen molar-refractivity contribution in [1.82, 2.24) is 4.98 Å². The smallest absolute Gasteiger partial charge is 0.148 e. The van der Waals surface area contributed by atoms with E-state index in [1.165, 1.54) is 15.6 Å². The van der Waals surface area contributed by atoms with E-state index in [2.05, 4.69) is 112 Å². The lowest BCUT2D eigenvalue weighted by molar-refractivity contribution is 0.513. The Balaban J connectivity index is 1.68. The maximum Gasteiger partial charge on any atom is 0.148 e. The van der Waals surface area contributed by atoms with Crippen LogP contribution in [0.25, 0.3) is 10.1 Å². The SMILES string of the molecule is CC1=C([Si](C)(C)NC(C)(C)C)C2Sc3c(sc4ccccc34)C2C1c1ccccc1. The molecule has 0 saturated heterocycles. The molecule has 0 spiro atoms. The molecule has 3 aromatic rings. The van der Waals surface area contributed by atoms with Gasteiger partial charge in [0.05, 0.1) is 0 Å². The van der Waals surface area contributed by atoms with Crippen LogP contribution in [0.2, 0.25) is 13.1 Å². The van der Waals surface area contributed by atoms with E-state index in [0.29, 0.717) is 17.1 Å². The average molecular weight is 450 g/mol. The van der Waals surface area contributed by atoms with Gasteiger partial charge in [-0.1, -0.05) is 72.4 Å². The zero-order chi connectivity index (χ0) is 21.3. The Hall–Kier alpha value is -1.33. The Labute approximate surface area is 190 Å². The van der Waals surface area contributed by atoms with Crippen molar-refractivity contribution in [3.8, 4) is 0 Å². The van der Waals surface area contributed by atoms with Gasteiger partial charge in [-0.2, -0.15) is 0 Å². The predicted octanol–water partition coefficient (Wildman–Crippen LogP) is 7.71. The maximum absolute atomic E-state index is 4.08. The van der Waals surface area contributed by atoms with E-state index < -0.39 is 8.24 Å². The summed E-state index contributed by atoms with van der Waals surface area (Å²) in [5.74, 6) is 1.05. The standard InChI is InChI=1S/C26H31NS2Si/c1-16-20(17-12-8-7-9-13-17)21-23-22(18-14-10-11-15-19(18)28-23)29-24(21)25(16)30(5,6)27-26(2,3)4/h7-15,20-21,24,27H,1-6H3. The van der Waals surface area contributed by atoms with Crippen LogP contribution in [0.5, 0.6) is 0 Å². The van der Waals surface area contributed by atoms with E-state index in [9.17, 15) is 0 Å². The second kappa shape index (κ2) is 7.09. The van der Waals surface area contributed by atoms with Gasteiger partial charge in [-0.05, 0) is 39.3 Å². The predicted molar refractivity (Wildman–Crippen MR) is 136 cm³/mol. The van der Waals surface area contributed by atoms with Gasteiger partial charge >= 0.3 is 0 Å². The molecule has 1 aromatic heterocycles. The molecular weight excluding hydrogens is 419 g/mol. The molecule has 1 aliphatic carbocycles. The summed E-state index contributed by atoms with van der Waals surface area (Å²) in [6.07, 6.45) is 0. The molecule has 3 atom stereocenters. The van der Waals surface area contributed by atoms with Crippen molar-refractivity contribution < 1.29 is 0 Å². The van der Waals surface area contributed by atoms with E-state index in [0.717, 1.165) is 0 Å². The fraction of sp³-hybridized carbons (Fsp3) is 0.385. The Morgan fingerprint density at radius 1 is 0.933 bits per heavy atom. The summed E-state index contributed by atoms with van der Waals surface area (Å²) < 4.78 is 1.44. The fourth-order valence-electron chi connectivity index (χ4n) is 5.92. The number of thioether (sulfide) groups is 1. The second-order valence-electron chi connectivity index (χ2n) is 10.3. The molecule has 0 amide bonds. The third-order valence-corrected chi connectivity index (χ3v) is 13.0. The van der Waals surface area contributed by atoms with Crippen LogP contribution in [0.15, 0.2) is 70.3 Å². The van der Waals surface area contributed by atoms with E-state index in [4.69, 9.17) is 0 Å². The first-order chi connectivity index (χ1) is 14.2. The lowest BCUT2D eigenvalue weighted by Gasteiger charge is -2.37. The van der Waals surface area contributed by atoms with Crippen molar-refractivity contribution >= 4 is 41.4 Å². The summed E-state index contributed by atoms with van der Waals surface area (Å²) in [5, 5.41) is 3.77. The monoisotopic (exact) mass is 449 g/mol. The van der Waals surface area contributed by atoms with E-state index >= 15 is 0 Å². The summed E-state index contributed by atoms with van der Waals surface area (Å²) in [5.41, 5.74) is 3.23. The first-order valence-corrected chi connectivity index (χ1v) is 15.6. The van der Waals surface area contributed by atoms with Gasteiger partial charge < -0.3 is 4.98 Å². The average Bonchev–Trinajstić information content (AvgIpc) is 3.27. The number of fused-ring (bicyclic) bond motifs is 5. The molecule has 156 valence electrons. The minimum absolute atomic E-state index is 0.129. The van der Waals surface area contributed by atoms with Crippen molar-refractivity contribution in [2.24, 2.45) is 0 Å². The molecule has 2 aliphatic rings. The lowest BCUT2D eigenvalue weighted by atomic mass is 9.84. The van der Waals surface area contributed by atoms with Gasteiger partial charge in [-0.25, -0.2) is 0 Å². The van der Waals surface area contributed by atoms with Crippen LogP contribution in [-0.2, 0) is 0 Å². The molecule has 4 heteroatoms. The Kier molecular flexibility index (Phi) is 4.86. The normalized spacial score (nSPS) is 23.9. The molecule has 2 heterocycles. The number of rotatable bonds is 3. The van der Waals surface area contributed by atoms with Gasteiger partial charge in [0.2, 0.25) is 0 Å². The Morgan fingerprint density at radius 2 is 1.60 bits per heavy atom. The molecule has 3 unspecified atom stereocenters. The van der Waals surface area contributed by atoms with E-state index in [1.54, 1.807) is 20.5 Å². The van der Waals surface area contributed by atoms with Crippen LogP contribution in [0.4, 0.5) is 0 Å². The highest BCUT2D eigenvalue weighted by Crippen LogP contribution is 2.65. The number of allylic oxidation sites excluding steroid dienone is 1. The molecule has 2 aromatic carbocycles. The van der Waals surface area contributed by atoms with Crippen molar-refractivity contribution in [2.45, 2.75) is 68.3 Å². The van der Waals surface area contributed by atoms with Crippen LogP contribution in [0.3, 0.4) is 0 Å². The fourth-order valence-corrected chi connectivity index (χ4v) is 14.3. The second-order valence-corrected chi connectivity index (χ2v) is 16.6. The van der Waals surface area contributed by atoms with Gasteiger partial charge in [-0.15, -0.1) is 23.1 Å². The first kappa shape index (κ1) is 20.6. The summed E-state index contributed by atoms with van der Waals surface area (Å²) in [7, 11) is -1.80. The number of hydrogen-bond acceptors (Lipinski definition) is 3. The number of benzene rings is 2. The van der Waals surface area contributed by atoms with E-state index in [1.807, 2.05) is 11.3 Å². The quantitative estimate of drug-likeness (QED) is 0.411. The van der Waals surface area contributed by atoms with Crippen LogP contribution in [0.1, 0.15) is 50.0 Å². The minimum Gasteiger partial charge on any atom is -0.329 e. The van der Waals surface area contributed by atoms with Gasteiger partial charge in [0.1, 0.15) is 8.24 Å². The largest absolute Gasteiger partial charge is 0.329 e. The molecule has 0 fully saturated rings. The zero-order valence-electron chi connectivity index (χ0n) is 18.7. The molecule has 1 aliphatic heterocycles. The maximum atomic E-state index is 4.08. The third-order valence-electron chi connectivity index (χ3n) is 6.50. The summed E-state index contributed by atoms with van der Waals surface area (Å²) in [6.45, 7) is 14.4. The van der Waals surface area contributed by atoms with Crippen LogP contribution in [0, 0.1) is 0 Å². The topological polar surface area (TPSA) is 12.0 Å². The van der Waals surface area contributed by atoms with Gasteiger partial charge in [0, 0.05) is 42.5 Å². The Morgan fingerprint density at radius 3 is 2.30 bits per heavy atom. The molecule has 0 radical (unpaired) electrons. The van der Waals surface area contributed by atoms with Gasteiger partial charge in [-0.3, -0.25) is 0 Å². The highest BCUT2D eigenvalue weighted by molar-refractivity contribution is 8.01. The minimum atomic E-state index is -1.80. The molecule has 0 saturated carbocycles. The van der Waals surface area contributed by atoms with Crippen LogP contribution >= 0.6 is 23.1 Å². The molecule has 5 rings (SSSR count). The van der Waals surface area contributed by atoms with Crippen molar-refractivity contribution in [3.63, 3.8) is 0 Å². The van der Waals surface area contributed by atoms with Crippen molar-refractivity contribution in [3.05, 3.63) is 75.8 Å². The van der Waals surface area contributed by atoms with Gasteiger partial charge in [0.25, 0.3) is 0 Å². The molecule has 30 heavy (non-hydrogen) atoms. The first-order valence-electron chi connectivity index (χ1n) is 10.9.